The van der Waals surface area contributed by atoms with Crippen LogP contribution >= 0.6 is 0 Å². The molecular weight excluding hydrogens is 749 g/mol. The number of fused-ring (bicyclic) bond motifs is 2. The van der Waals surface area contributed by atoms with E-state index < -0.39 is 0 Å². The quantitative estimate of drug-likeness (QED) is 0.175. The second-order valence-electron chi connectivity index (χ2n) is 21.3. The fraction of sp³-hybridized carbons (Fsp3) is 0.345. The molecule has 8 rings (SSSR count). The average Bonchev–Trinajstić information content (AvgIpc) is 3.73. The molecule has 0 amide bonds. The molecule has 6 aromatic rings. The summed E-state index contributed by atoms with van der Waals surface area (Å²) in [6.07, 6.45) is 0. The number of hydrogen-bond donors (Lipinski definition) is 2. The highest BCUT2D eigenvalue weighted by Crippen LogP contribution is 2.49. The fourth-order valence-corrected chi connectivity index (χ4v) is 8.58. The standard InChI is InChI=1S/C55H64N4O2/c1-52(2,3)40-25-38(26-41(31-40)53(4,5)6)36-21-23-44-48(29-36)56(34-58(44)46-17-13-15-19-50(46)60)33-57-35-59(47-18-14-16-20-51(47)61)45-24-22-37(30-49(45)57)39-27-42(54(7,8)9)32-43(28-39)55(10,11)12/h13-32,60-61H,33-35H2,1-12H3. The van der Waals surface area contributed by atoms with Crippen LogP contribution in [0.25, 0.3) is 22.3 Å². The van der Waals surface area contributed by atoms with Crippen LogP contribution < -0.4 is 19.6 Å². The molecule has 0 radical (unpaired) electrons. The maximum atomic E-state index is 11.2. The Kier molecular flexibility index (Phi) is 10.2. The zero-order valence-electron chi connectivity index (χ0n) is 38.4. The summed E-state index contributed by atoms with van der Waals surface area (Å²) < 4.78 is 0. The molecule has 0 unspecified atom stereocenters. The van der Waals surface area contributed by atoms with E-state index >= 15 is 0 Å². The molecule has 0 saturated heterocycles. The van der Waals surface area contributed by atoms with Gasteiger partial charge in [-0.15, -0.1) is 0 Å². The van der Waals surface area contributed by atoms with Gasteiger partial charge < -0.3 is 29.8 Å². The van der Waals surface area contributed by atoms with E-state index in [1.165, 1.54) is 33.4 Å². The first kappa shape index (κ1) is 41.8. The van der Waals surface area contributed by atoms with Crippen LogP contribution in [0.3, 0.4) is 0 Å². The van der Waals surface area contributed by atoms with Gasteiger partial charge in [0, 0.05) is 0 Å². The Morgan fingerprint density at radius 2 is 0.689 bits per heavy atom. The van der Waals surface area contributed by atoms with E-state index in [-0.39, 0.29) is 33.2 Å². The van der Waals surface area contributed by atoms with Crippen LogP contribution in [-0.2, 0) is 21.7 Å². The Morgan fingerprint density at radius 1 is 0.361 bits per heavy atom. The second-order valence-corrected chi connectivity index (χ2v) is 21.3. The van der Waals surface area contributed by atoms with E-state index in [4.69, 9.17) is 0 Å². The molecule has 0 fully saturated rings. The van der Waals surface area contributed by atoms with Crippen LogP contribution in [0.2, 0.25) is 0 Å². The normalized spacial score (nSPS) is 14.5. The first-order valence-corrected chi connectivity index (χ1v) is 21.8. The molecule has 2 N–H and O–H groups in total. The van der Waals surface area contributed by atoms with Crippen molar-refractivity contribution in [2.75, 3.05) is 39.6 Å². The molecule has 316 valence electrons. The van der Waals surface area contributed by atoms with Gasteiger partial charge in [0.25, 0.3) is 0 Å². The van der Waals surface area contributed by atoms with Crippen LogP contribution in [0.1, 0.15) is 105 Å². The Labute approximate surface area is 364 Å². The van der Waals surface area contributed by atoms with Crippen molar-refractivity contribution in [3.05, 3.63) is 144 Å². The third-order valence-corrected chi connectivity index (χ3v) is 12.5. The highest BCUT2D eigenvalue weighted by atomic mass is 16.3. The van der Waals surface area contributed by atoms with E-state index in [0.717, 1.165) is 45.3 Å². The van der Waals surface area contributed by atoms with Crippen molar-refractivity contribution in [1.29, 1.82) is 0 Å². The highest BCUT2D eigenvalue weighted by molar-refractivity contribution is 5.91. The Balaban J connectivity index is 1.26. The summed E-state index contributed by atoms with van der Waals surface area (Å²) in [4.78, 5) is 9.29. The molecule has 2 aliphatic heterocycles. The Hall–Kier alpha value is -5.88. The van der Waals surface area contributed by atoms with Crippen LogP contribution in [0.15, 0.2) is 121 Å². The summed E-state index contributed by atoms with van der Waals surface area (Å²) in [6.45, 7) is 29.1. The van der Waals surface area contributed by atoms with E-state index in [0.29, 0.717) is 20.0 Å². The van der Waals surface area contributed by atoms with E-state index in [1.54, 1.807) is 12.1 Å². The number of benzene rings is 6. The van der Waals surface area contributed by atoms with E-state index in [2.05, 4.69) is 175 Å². The molecule has 0 spiro atoms. The molecule has 0 atom stereocenters. The Morgan fingerprint density at radius 3 is 1.00 bits per heavy atom. The van der Waals surface area contributed by atoms with Crippen LogP contribution in [-0.4, -0.2) is 30.2 Å². The van der Waals surface area contributed by atoms with Crippen LogP contribution in [0.4, 0.5) is 34.1 Å². The molecule has 2 aliphatic rings. The lowest BCUT2D eigenvalue weighted by molar-refractivity contribution is 0.475. The summed E-state index contributed by atoms with van der Waals surface area (Å²) in [5.41, 5.74) is 15.8. The van der Waals surface area contributed by atoms with E-state index in [9.17, 15) is 10.2 Å². The summed E-state index contributed by atoms with van der Waals surface area (Å²) in [6, 6.07) is 43.0. The number of phenols is 2. The van der Waals surface area contributed by atoms with Gasteiger partial charge in [0.05, 0.1) is 54.1 Å². The van der Waals surface area contributed by atoms with Crippen molar-refractivity contribution < 1.29 is 10.2 Å². The second kappa shape index (κ2) is 14.9. The fourth-order valence-electron chi connectivity index (χ4n) is 8.58. The molecule has 2 heterocycles. The topological polar surface area (TPSA) is 53.4 Å². The van der Waals surface area contributed by atoms with Crippen molar-refractivity contribution in [3.63, 3.8) is 0 Å². The van der Waals surface area contributed by atoms with Gasteiger partial charge >= 0.3 is 0 Å². The third kappa shape index (κ3) is 8.17. The van der Waals surface area contributed by atoms with Gasteiger partial charge in [-0.1, -0.05) is 156 Å². The molecule has 6 aromatic carbocycles. The van der Waals surface area contributed by atoms with Gasteiger partial charge in [0.2, 0.25) is 0 Å². The number of nitrogens with zero attached hydrogens (tertiary/aromatic N) is 4. The molecule has 0 saturated carbocycles. The lowest BCUT2D eigenvalue weighted by Gasteiger charge is -2.29. The molecule has 6 nitrogen and oxygen atoms in total. The molecule has 6 heteroatoms. The van der Waals surface area contributed by atoms with Crippen molar-refractivity contribution in [1.82, 2.24) is 0 Å². The van der Waals surface area contributed by atoms with Gasteiger partial charge in [-0.05, 0) is 115 Å². The third-order valence-electron chi connectivity index (χ3n) is 12.5. The first-order valence-electron chi connectivity index (χ1n) is 21.8. The number of phenolic OH excluding ortho intramolecular Hbond substituents is 2. The predicted molar refractivity (Wildman–Crippen MR) is 259 cm³/mol. The Bertz CT molecular complexity index is 2370. The van der Waals surface area contributed by atoms with Crippen LogP contribution in [0, 0.1) is 0 Å². The smallest absolute Gasteiger partial charge is 0.139 e. The number of anilines is 6. The zero-order valence-corrected chi connectivity index (χ0v) is 38.4. The predicted octanol–water partition coefficient (Wildman–Crippen LogP) is 14.1. The maximum absolute atomic E-state index is 11.2. The van der Waals surface area contributed by atoms with Crippen LogP contribution in [0.5, 0.6) is 11.5 Å². The summed E-state index contributed by atoms with van der Waals surface area (Å²) in [5, 5.41) is 22.4. The first-order chi connectivity index (χ1) is 28.6. The average molecular weight is 813 g/mol. The van der Waals surface area contributed by atoms with Crippen molar-refractivity contribution >= 4 is 34.1 Å². The zero-order chi connectivity index (χ0) is 43.8. The van der Waals surface area contributed by atoms with Gasteiger partial charge in [0.15, 0.2) is 0 Å². The highest BCUT2D eigenvalue weighted by Gasteiger charge is 2.35. The maximum Gasteiger partial charge on any atom is 0.139 e. The molecular formula is C55H64N4O2. The van der Waals surface area contributed by atoms with Crippen molar-refractivity contribution in [3.8, 4) is 33.8 Å². The number of rotatable bonds is 6. The van der Waals surface area contributed by atoms with Gasteiger partial charge in [0.1, 0.15) is 11.5 Å². The van der Waals surface area contributed by atoms with Gasteiger partial charge in [-0.2, -0.15) is 0 Å². The molecule has 0 aliphatic carbocycles. The number of para-hydroxylation sites is 4. The van der Waals surface area contributed by atoms with Crippen molar-refractivity contribution in [2.45, 2.75) is 105 Å². The summed E-state index contributed by atoms with van der Waals surface area (Å²) >= 11 is 0. The van der Waals surface area contributed by atoms with Gasteiger partial charge in [-0.3, -0.25) is 0 Å². The summed E-state index contributed by atoms with van der Waals surface area (Å²) in [7, 11) is 0. The lowest BCUT2D eigenvalue weighted by atomic mass is 9.79. The van der Waals surface area contributed by atoms with Crippen molar-refractivity contribution in [2.24, 2.45) is 0 Å². The lowest BCUT2D eigenvalue weighted by Crippen LogP contribution is -2.40. The molecule has 0 bridgehead atoms. The SMILES string of the molecule is CC(C)(C)c1cc(-c2ccc3c(c2)N(CN2CN(c4ccccc4O)c4ccc(-c5cc(C(C)(C)C)cc(C(C)(C)C)c5)cc42)CN3c2ccccc2O)cc(C(C)(C)C)c1. The summed E-state index contributed by atoms with van der Waals surface area (Å²) in [5.74, 6) is 0.502. The minimum atomic E-state index is -0.0101. The minimum absolute atomic E-state index is 0.0101. The minimum Gasteiger partial charge on any atom is -0.506 e. The number of aromatic hydroxyl groups is 2. The largest absolute Gasteiger partial charge is 0.506 e. The molecule has 0 aromatic heterocycles. The number of hydrogen-bond acceptors (Lipinski definition) is 6. The monoisotopic (exact) mass is 813 g/mol. The molecule has 61 heavy (non-hydrogen) atoms. The van der Waals surface area contributed by atoms with E-state index in [1.807, 2.05) is 36.4 Å². The van der Waals surface area contributed by atoms with Gasteiger partial charge in [-0.25, -0.2) is 0 Å².